The van der Waals surface area contributed by atoms with E-state index in [1.54, 1.807) is 13.1 Å². The van der Waals surface area contributed by atoms with Gasteiger partial charge in [0.1, 0.15) is 5.75 Å². The van der Waals surface area contributed by atoms with Crippen LogP contribution in [0.1, 0.15) is 11.1 Å². The third-order valence-electron chi connectivity index (χ3n) is 2.11. The van der Waals surface area contributed by atoms with Crippen molar-refractivity contribution in [2.24, 2.45) is 0 Å². The van der Waals surface area contributed by atoms with E-state index in [0.717, 1.165) is 10.0 Å². The Balaban J connectivity index is 2.89. The van der Waals surface area contributed by atoms with Gasteiger partial charge in [0.15, 0.2) is 6.61 Å². The summed E-state index contributed by atoms with van der Waals surface area (Å²) in [6.07, 6.45) is 0. The lowest BCUT2D eigenvalue weighted by atomic mass is 10.1. The van der Waals surface area contributed by atoms with E-state index >= 15 is 0 Å². The number of likely N-dealkylation sites (N-methyl/N-ethyl adjacent to an activating group) is 1. The molecule has 1 aromatic carbocycles. The van der Waals surface area contributed by atoms with Gasteiger partial charge >= 0.3 is 0 Å². The number of carbonyl (C=O) groups is 1. The van der Waals surface area contributed by atoms with Gasteiger partial charge in [0.05, 0.1) is 6.61 Å². The first kappa shape index (κ1) is 13.0. The third-order valence-corrected chi connectivity index (χ3v) is 2.57. The first-order chi connectivity index (χ1) is 7.58. The monoisotopic (exact) mass is 287 g/mol. The first-order valence-electron chi connectivity index (χ1n) is 4.81. The van der Waals surface area contributed by atoms with E-state index in [4.69, 9.17) is 4.74 Å². The molecule has 4 nitrogen and oxygen atoms in total. The maximum Gasteiger partial charge on any atom is 0.257 e. The Kier molecular flexibility index (Phi) is 4.76. The molecule has 2 N–H and O–H groups in total. The highest BCUT2D eigenvalue weighted by molar-refractivity contribution is 9.10. The van der Waals surface area contributed by atoms with Gasteiger partial charge in [0.25, 0.3) is 5.91 Å². The Morgan fingerprint density at radius 1 is 1.56 bits per heavy atom. The van der Waals surface area contributed by atoms with Crippen LogP contribution in [0.15, 0.2) is 16.6 Å². The molecule has 0 heterocycles. The lowest BCUT2D eigenvalue weighted by Crippen LogP contribution is -2.25. The predicted octanol–water partition coefficient (Wildman–Crippen LogP) is 1.37. The van der Waals surface area contributed by atoms with Gasteiger partial charge in [-0.25, -0.2) is 0 Å². The second kappa shape index (κ2) is 5.86. The summed E-state index contributed by atoms with van der Waals surface area (Å²) in [5.41, 5.74) is 1.54. The second-order valence-electron chi connectivity index (χ2n) is 3.33. The van der Waals surface area contributed by atoms with Gasteiger partial charge in [-0.05, 0) is 24.6 Å². The number of ether oxygens (including phenoxy) is 1. The number of rotatable bonds is 4. The van der Waals surface area contributed by atoms with Crippen molar-refractivity contribution in [2.75, 3.05) is 13.7 Å². The molecule has 0 atom stereocenters. The number of aliphatic hydroxyl groups is 1. The van der Waals surface area contributed by atoms with Crippen LogP contribution in [0, 0.1) is 6.92 Å². The van der Waals surface area contributed by atoms with Crippen molar-refractivity contribution in [3.63, 3.8) is 0 Å². The Labute approximate surface area is 103 Å². The quantitative estimate of drug-likeness (QED) is 0.880. The first-order valence-corrected chi connectivity index (χ1v) is 5.61. The SMILES string of the molecule is CNC(=O)COc1c(C)cc(Br)cc1CO. The zero-order valence-electron chi connectivity index (χ0n) is 9.21. The number of halogens is 1. The molecule has 0 aliphatic rings. The van der Waals surface area contributed by atoms with Crippen molar-refractivity contribution >= 4 is 21.8 Å². The van der Waals surface area contributed by atoms with E-state index in [0.29, 0.717) is 11.3 Å². The van der Waals surface area contributed by atoms with E-state index in [9.17, 15) is 9.90 Å². The molecule has 1 amide bonds. The molecule has 0 saturated carbocycles. The van der Waals surface area contributed by atoms with E-state index < -0.39 is 0 Å². The molecule has 0 aromatic heterocycles. The highest BCUT2D eigenvalue weighted by Crippen LogP contribution is 2.28. The maximum atomic E-state index is 11.1. The van der Waals surface area contributed by atoms with Crippen LogP contribution in [0.5, 0.6) is 5.75 Å². The number of aliphatic hydroxyl groups excluding tert-OH is 1. The molecule has 5 heteroatoms. The largest absolute Gasteiger partial charge is 0.483 e. The molecular weight excluding hydrogens is 274 g/mol. The molecule has 88 valence electrons. The molecule has 0 fully saturated rings. The molecule has 1 aromatic rings. The molecule has 0 bridgehead atoms. The molecule has 1 rings (SSSR count). The molecular formula is C11H14BrNO3. The summed E-state index contributed by atoms with van der Waals surface area (Å²) in [4.78, 5) is 11.1. The zero-order chi connectivity index (χ0) is 12.1. The van der Waals surface area contributed by atoms with Crippen LogP contribution in [0.25, 0.3) is 0 Å². The Morgan fingerprint density at radius 2 is 2.25 bits per heavy atom. The van der Waals surface area contributed by atoms with Crippen LogP contribution in [-0.2, 0) is 11.4 Å². The average molecular weight is 288 g/mol. The fourth-order valence-corrected chi connectivity index (χ4v) is 1.95. The van der Waals surface area contributed by atoms with Gasteiger partial charge in [-0.3, -0.25) is 4.79 Å². The fraction of sp³-hybridized carbons (Fsp3) is 0.364. The number of hydrogen-bond donors (Lipinski definition) is 2. The highest BCUT2D eigenvalue weighted by Gasteiger charge is 2.09. The minimum absolute atomic E-state index is 0.0496. The lowest BCUT2D eigenvalue weighted by Gasteiger charge is -2.13. The van der Waals surface area contributed by atoms with Crippen LogP contribution in [0.3, 0.4) is 0 Å². The summed E-state index contributed by atoms with van der Waals surface area (Å²) in [5.74, 6) is 0.362. The van der Waals surface area contributed by atoms with Crippen LogP contribution < -0.4 is 10.1 Å². The van der Waals surface area contributed by atoms with Crippen LogP contribution in [0.4, 0.5) is 0 Å². The highest BCUT2D eigenvalue weighted by atomic mass is 79.9. The standard InChI is InChI=1S/C11H14BrNO3/c1-7-3-9(12)4-8(5-14)11(7)16-6-10(15)13-2/h3-4,14H,5-6H2,1-2H3,(H,13,15). The van der Waals surface area contributed by atoms with Crippen molar-refractivity contribution in [3.8, 4) is 5.75 Å². The average Bonchev–Trinajstić information content (AvgIpc) is 2.26. The smallest absolute Gasteiger partial charge is 0.257 e. The number of carbonyl (C=O) groups excluding carboxylic acids is 1. The normalized spacial score (nSPS) is 10.0. The number of nitrogens with one attached hydrogen (secondary N) is 1. The summed E-state index contributed by atoms with van der Waals surface area (Å²) in [7, 11) is 1.55. The van der Waals surface area contributed by atoms with Gasteiger partial charge in [-0.1, -0.05) is 15.9 Å². The van der Waals surface area contributed by atoms with Crippen LogP contribution >= 0.6 is 15.9 Å². The lowest BCUT2D eigenvalue weighted by molar-refractivity contribution is -0.122. The van der Waals surface area contributed by atoms with Gasteiger partial charge in [-0.2, -0.15) is 0 Å². The summed E-state index contributed by atoms with van der Waals surface area (Å²) >= 11 is 3.34. The summed E-state index contributed by atoms with van der Waals surface area (Å²) < 4.78 is 6.25. The molecule has 0 aliphatic carbocycles. The van der Waals surface area contributed by atoms with Crippen LogP contribution in [0.2, 0.25) is 0 Å². The number of aryl methyl sites for hydroxylation is 1. The molecule has 16 heavy (non-hydrogen) atoms. The Bertz CT molecular complexity index is 393. The van der Waals surface area contributed by atoms with Gasteiger partial charge in [0, 0.05) is 17.1 Å². The van der Waals surface area contributed by atoms with E-state index in [-0.39, 0.29) is 19.1 Å². The van der Waals surface area contributed by atoms with Gasteiger partial charge in [-0.15, -0.1) is 0 Å². The molecule has 0 radical (unpaired) electrons. The predicted molar refractivity (Wildman–Crippen MR) is 64.4 cm³/mol. The van der Waals surface area contributed by atoms with Crippen LogP contribution in [-0.4, -0.2) is 24.7 Å². The number of amides is 1. The summed E-state index contributed by atoms with van der Waals surface area (Å²) in [6, 6.07) is 3.64. The summed E-state index contributed by atoms with van der Waals surface area (Å²) in [5, 5.41) is 11.7. The van der Waals surface area contributed by atoms with Crippen molar-refractivity contribution in [2.45, 2.75) is 13.5 Å². The van der Waals surface area contributed by atoms with Gasteiger partial charge < -0.3 is 15.2 Å². The second-order valence-corrected chi connectivity index (χ2v) is 4.25. The number of benzene rings is 1. The Morgan fingerprint density at radius 3 is 2.81 bits per heavy atom. The number of hydrogen-bond acceptors (Lipinski definition) is 3. The minimum atomic E-state index is -0.203. The maximum absolute atomic E-state index is 11.1. The topological polar surface area (TPSA) is 58.6 Å². The molecule has 0 aliphatic heterocycles. The van der Waals surface area contributed by atoms with Crippen molar-refractivity contribution in [3.05, 3.63) is 27.7 Å². The van der Waals surface area contributed by atoms with Crippen molar-refractivity contribution in [1.82, 2.24) is 5.32 Å². The molecule has 0 unspecified atom stereocenters. The van der Waals surface area contributed by atoms with Crippen molar-refractivity contribution in [1.29, 1.82) is 0 Å². The zero-order valence-corrected chi connectivity index (χ0v) is 10.8. The molecule has 0 spiro atoms. The third kappa shape index (κ3) is 3.21. The van der Waals surface area contributed by atoms with Gasteiger partial charge in [0.2, 0.25) is 0 Å². The van der Waals surface area contributed by atoms with E-state index in [1.807, 2.05) is 13.0 Å². The van der Waals surface area contributed by atoms with E-state index in [1.165, 1.54) is 0 Å². The Hall–Kier alpha value is -1.07. The van der Waals surface area contributed by atoms with E-state index in [2.05, 4.69) is 21.2 Å². The molecule has 0 saturated heterocycles. The summed E-state index contributed by atoms with van der Waals surface area (Å²) in [6.45, 7) is 1.69. The van der Waals surface area contributed by atoms with Crippen molar-refractivity contribution < 1.29 is 14.6 Å². The fourth-order valence-electron chi connectivity index (χ4n) is 1.33. The minimum Gasteiger partial charge on any atom is -0.483 e.